The molecular weight excluding hydrogens is 248 g/mol. The molecule has 1 aliphatic heterocycles. The standard InChI is InChI=1S/C13H26N2S2/c1-5-11(6-2)12-8-14-13(17-12)15-10(4)9-16-7-3/h10-12H,5-9H2,1-4H3,(H,14,15). The molecule has 0 radical (unpaired) electrons. The van der Waals surface area contributed by atoms with Gasteiger partial charge in [0.1, 0.15) is 0 Å². The molecular formula is C13H26N2S2. The van der Waals surface area contributed by atoms with Crippen LogP contribution in [-0.4, -0.2) is 34.5 Å². The second-order valence-corrected chi connectivity index (χ2v) is 7.13. The molecule has 1 N–H and O–H groups in total. The van der Waals surface area contributed by atoms with E-state index in [1.807, 2.05) is 23.5 Å². The number of rotatable bonds is 7. The van der Waals surface area contributed by atoms with Crippen LogP contribution in [0.4, 0.5) is 0 Å². The van der Waals surface area contributed by atoms with Gasteiger partial charge in [-0.2, -0.15) is 11.8 Å². The summed E-state index contributed by atoms with van der Waals surface area (Å²) in [6.07, 6.45) is 2.55. The molecule has 100 valence electrons. The summed E-state index contributed by atoms with van der Waals surface area (Å²) in [7, 11) is 0. The number of amidine groups is 1. The molecule has 2 atom stereocenters. The fourth-order valence-corrected chi connectivity index (χ4v) is 4.18. The van der Waals surface area contributed by atoms with Crippen LogP contribution in [0.25, 0.3) is 0 Å². The summed E-state index contributed by atoms with van der Waals surface area (Å²) in [5, 5.41) is 5.42. The Kier molecular flexibility index (Phi) is 7.44. The van der Waals surface area contributed by atoms with Crippen LogP contribution in [0.15, 0.2) is 4.99 Å². The average Bonchev–Trinajstić information content (AvgIpc) is 2.76. The summed E-state index contributed by atoms with van der Waals surface area (Å²) in [6, 6.07) is 0.534. The van der Waals surface area contributed by atoms with Gasteiger partial charge in [-0.25, -0.2) is 0 Å². The maximum Gasteiger partial charge on any atom is 0.157 e. The second kappa shape index (κ2) is 8.30. The van der Waals surface area contributed by atoms with Crippen molar-refractivity contribution in [2.45, 2.75) is 51.8 Å². The first-order chi connectivity index (χ1) is 8.21. The summed E-state index contributed by atoms with van der Waals surface area (Å²) < 4.78 is 0. The van der Waals surface area contributed by atoms with Crippen LogP contribution in [0.1, 0.15) is 40.5 Å². The predicted molar refractivity (Wildman–Crippen MR) is 83.3 cm³/mol. The highest BCUT2D eigenvalue weighted by atomic mass is 32.2. The highest BCUT2D eigenvalue weighted by molar-refractivity contribution is 8.14. The molecule has 0 amide bonds. The Morgan fingerprint density at radius 1 is 1.41 bits per heavy atom. The molecule has 1 heterocycles. The molecule has 1 rings (SSSR count). The number of hydrogen-bond donors (Lipinski definition) is 1. The molecule has 2 unspecified atom stereocenters. The topological polar surface area (TPSA) is 24.4 Å². The van der Waals surface area contributed by atoms with Gasteiger partial charge in [0.05, 0.1) is 6.54 Å². The lowest BCUT2D eigenvalue weighted by atomic mass is 9.99. The zero-order valence-electron chi connectivity index (χ0n) is 11.5. The summed E-state index contributed by atoms with van der Waals surface area (Å²) in [4.78, 5) is 4.64. The minimum Gasteiger partial charge on any atom is -0.362 e. The molecule has 0 bridgehead atoms. The third-order valence-electron chi connectivity index (χ3n) is 3.19. The van der Waals surface area contributed by atoms with E-state index in [1.54, 1.807) is 0 Å². The molecule has 1 aliphatic rings. The van der Waals surface area contributed by atoms with E-state index in [4.69, 9.17) is 0 Å². The summed E-state index contributed by atoms with van der Waals surface area (Å²) in [5.41, 5.74) is 0. The normalized spacial score (nSPS) is 21.7. The Morgan fingerprint density at radius 2 is 2.12 bits per heavy atom. The van der Waals surface area contributed by atoms with Crippen LogP contribution in [-0.2, 0) is 0 Å². The molecule has 0 spiro atoms. The fourth-order valence-electron chi connectivity index (χ4n) is 2.08. The van der Waals surface area contributed by atoms with Crippen molar-refractivity contribution in [2.75, 3.05) is 18.1 Å². The Labute approximate surface area is 115 Å². The Hall–Kier alpha value is 0.170. The monoisotopic (exact) mass is 274 g/mol. The van der Waals surface area contributed by atoms with Crippen LogP contribution in [0.5, 0.6) is 0 Å². The minimum absolute atomic E-state index is 0.534. The van der Waals surface area contributed by atoms with Crippen molar-refractivity contribution in [1.29, 1.82) is 0 Å². The van der Waals surface area contributed by atoms with Crippen molar-refractivity contribution in [1.82, 2.24) is 5.32 Å². The van der Waals surface area contributed by atoms with Crippen molar-refractivity contribution in [3.05, 3.63) is 0 Å². The molecule has 0 aromatic rings. The Morgan fingerprint density at radius 3 is 2.71 bits per heavy atom. The Bertz CT molecular complexity index is 240. The third kappa shape index (κ3) is 5.12. The van der Waals surface area contributed by atoms with Gasteiger partial charge in [0.2, 0.25) is 0 Å². The van der Waals surface area contributed by atoms with Crippen LogP contribution < -0.4 is 5.32 Å². The maximum atomic E-state index is 4.64. The lowest BCUT2D eigenvalue weighted by Crippen LogP contribution is -2.32. The summed E-state index contributed by atoms with van der Waals surface area (Å²) in [6.45, 7) is 10.0. The van der Waals surface area contributed by atoms with Gasteiger partial charge in [-0.05, 0) is 18.6 Å². The van der Waals surface area contributed by atoms with Crippen molar-refractivity contribution in [2.24, 2.45) is 10.9 Å². The highest BCUT2D eigenvalue weighted by Crippen LogP contribution is 2.30. The van der Waals surface area contributed by atoms with Crippen LogP contribution >= 0.6 is 23.5 Å². The molecule has 0 aromatic carbocycles. The van der Waals surface area contributed by atoms with Gasteiger partial charge in [0.15, 0.2) is 5.17 Å². The van der Waals surface area contributed by atoms with Gasteiger partial charge >= 0.3 is 0 Å². The van der Waals surface area contributed by atoms with Gasteiger partial charge in [0, 0.05) is 17.0 Å². The van der Waals surface area contributed by atoms with E-state index >= 15 is 0 Å². The van der Waals surface area contributed by atoms with Gasteiger partial charge in [-0.3, -0.25) is 4.99 Å². The van der Waals surface area contributed by atoms with Crippen LogP contribution in [0.3, 0.4) is 0 Å². The first-order valence-corrected chi connectivity index (χ1v) is 8.80. The van der Waals surface area contributed by atoms with E-state index in [-0.39, 0.29) is 0 Å². The third-order valence-corrected chi connectivity index (χ3v) is 5.65. The van der Waals surface area contributed by atoms with Crippen LogP contribution in [0.2, 0.25) is 0 Å². The van der Waals surface area contributed by atoms with E-state index in [2.05, 4.69) is 38.0 Å². The fraction of sp³-hybridized carbons (Fsp3) is 0.923. The quantitative estimate of drug-likeness (QED) is 0.767. The molecule has 2 nitrogen and oxygen atoms in total. The number of nitrogens with zero attached hydrogens (tertiary/aromatic N) is 1. The van der Waals surface area contributed by atoms with E-state index in [0.29, 0.717) is 11.3 Å². The molecule has 0 fully saturated rings. The summed E-state index contributed by atoms with van der Waals surface area (Å²) >= 11 is 3.95. The van der Waals surface area contributed by atoms with Gasteiger partial charge in [0.25, 0.3) is 0 Å². The van der Waals surface area contributed by atoms with Gasteiger partial charge < -0.3 is 5.32 Å². The molecule has 0 aliphatic carbocycles. The predicted octanol–water partition coefficient (Wildman–Crippen LogP) is 3.63. The number of thioether (sulfide) groups is 2. The average molecular weight is 274 g/mol. The number of hydrogen-bond acceptors (Lipinski definition) is 4. The van der Waals surface area contributed by atoms with E-state index in [1.165, 1.54) is 29.5 Å². The smallest absolute Gasteiger partial charge is 0.157 e. The molecule has 4 heteroatoms. The van der Waals surface area contributed by atoms with Crippen molar-refractivity contribution in [3.8, 4) is 0 Å². The highest BCUT2D eigenvalue weighted by Gasteiger charge is 2.26. The Balaban J connectivity index is 2.29. The lowest BCUT2D eigenvalue weighted by molar-refractivity contribution is 0.479. The van der Waals surface area contributed by atoms with E-state index < -0.39 is 0 Å². The molecule has 0 saturated carbocycles. The first kappa shape index (κ1) is 15.2. The second-order valence-electron chi connectivity index (χ2n) is 4.58. The zero-order valence-corrected chi connectivity index (χ0v) is 13.2. The largest absolute Gasteiger partial charge is 0.362 e. The molecule has 0 saturated heterocycles. The van der Waals surface area contributed by atoms with E-state index in [0.717, 1.165) is 12.5 Å². The summed E-state index contributed by atoms with van der Waals surface area (Å²) in [5.74, 6) is 3.19. The maximum absolute atomic E-state index is 4.64. The first-order valence-electron chi connectivity index (χ1n) is 6.76. The van der Waals surface area contributed by atoms with Crippen molar-refractivity contribution < 1.29 is 0 Å². The van der Waals surface area contributed by atoms with Crippen molar-refractivity contribution in [3.63, 3.8) is 0 Å². The number of aliphatic imine (C=N–C) groups is 1. The molecule has 17 heavy (non-hydrogen) atoms. The lowest BCUT2D eigenvalue weighted by Gasteiger charge is -2.19. The van der Waals surface area contributed by atoms with Crippen molar-refractivity contribution >= 4 is 28.7 Å². The zero-order chi connectivity index (χ0) is 12.7. The van der Waals surface area contributed by atoms with Gasteiger partial charge in [-0.15, -0.1) is 0 Å². The minimum atomic E-state index is 0.534. The molecule has 0 aromatic heterocycles. The van der Waals surface area contributed by atoms with Crippen LogP contribution in [0, 0.1) is 5.92 Å². The number of nitrogens with one attached hydrogen (secondary N) is 1. The SMILES string of the molecule is CCSCC(C)NC1=NCC(C(CC)CC)S1. The van der Waals surface area contributed by atoms with Gasteiger partial charge in [-0.1, -0.05) is 45.4 Å². The van der Waals surface area contributed by atoms with E-state index in [9.17, 15) is 0 Å².